The van der Waals surface area contributed by atoms with Crippen molar-refractivity contribution in [1.29, 1.82) is 0 Å². The van der Waals surface area contributed by atoms with Gasteiger partial charge in [0.05, 0.1) is 6.61 Å². The Morgan fingerprint density at radius 1 is 1.25 bits per heavy atom. The number of Topliss-reactive ketones (excluding diaryl/α,β-unsaturated/α-hetero) is 1. The van der Waals surface area contributed by atoms with Gasteiger partial charge >= 0.3 is 0 Å². The summed E-state index contributed by atoms with van der Waals surface area (Å²) < 4.78 is 5.49. The van der Waals surface area contributed by atoms with E-state index in [2.05, 4.69) is 6.92 Å². The molecule has 1 aromatic rings. The summed E-state index contributed by atoms with van der Waals surface area (Å²) in [6.07, 6.45) is 5.51. The number of carbonyl (C=O) groups excluding carboxylic acids is 1. The van der Waals surface area contributed by atoms with E-state index in [-0.39, 0.29) is 11.7 Å². The molecule has 1 aromatic carbocycles. The number of hydrogen-bond acceptors (Lipinski definition) is 3. The number of aliphatic hydroxyl groups is 1. The summed E-state index contributed by atoms with van der Waals surface area (Å²) >= 11 is 0. The van der Waals surface area contributed by atoms with Gasteiger partial charge in [-0.1, -0.05) is 26.2 Å². The van der Waals surface area contributed by atoms with E-state index in [1.54, 1.807) is 24.3 Å². The van der Waals surface area contributed by atoms with Crippen LogP contribution in [0.3, 0.4) is 0 Å². The van der Waals surface area contributed by atoms with E-state index in [4.69, 9.17) is 4.74 Å². The molecule has 0 aliphatic heterocycles. The molecule has 0 aromatic heterocycles. The standard InChI is InChI=1S/C17H24O3/c1-2-12-20-15-10-8-14(9-11-15)17(19)16(18)13-6-4-3-5-7-13/h8-11,13,16,18H,2-7,12H2,1H3. The van der Waals surface area contributed by atoms with Crippen LogP contribution < -0.4 is 4.74 Å². The maximum Gasteiger partial charge on any atom is 0.191 e. The summed E-state index contributed by atoms with van der Waals surface area (Å²) in [4.78, 5) is 12.3. The molecule has 1 N–H and O–H groups in total. The summed E-state index contributed by atoms with van der Waals surface area (Å²) in [5.41, 5.74) is 0.576. The van der Waals surface area contributed by atoms with Crippen molar-refractivity contribution in [2.24, 2.45) is 5.92 Å². The molecule has 1 saturated carbocycles. The Kier molecular flexibility index (Phi) is 5.60. The molecule has 0 spiro atoms. The monoisotopic (exact) mass is 276 g/mol. The first kappa shape index (κ1) is 15.0. The average molecular weight is 276 g/mol. The molecule has 0 saturated heterocycles. The Balaban J connectivity index is 1.97. The highest BCUT2D eigenvalue weighted by atomic mass is 16.5. The summed E-state index contributed by atoms with van der Waals surface area (Å²) in [5, 5.41) is 10.2. The van der Waals surface area contributed by atoms with Crippen LogP contribution in [0.1, 0.15) is 55.8 Å². The van der Waals surface area contributed by atoms with Crippen LogP contribution in [0.25, 0.3) is 0 Å². The van der Waals surface area contributed by atoms with Gasteiger partial charge in [0.1, 0.15) is 11.9 Å². The minimum absolute atomic E-state index is 0.132. The zero-order chi connectivity index (χ0) is 14.4. The van der Waals surface area contributed by atoms with E-state index < -0.39 is 6.10 Å². The number of rotatable bonds is 6. The van der Waals surface area contributed by atoms with Crippen molar-refractivity contribution < 1.29 is 14.6 Å². The van der Waals surface area contributed by atoms with Crippen molar-refractivity contribution in [1.82, 2.24) is 0 Å². The molecular formula is C17H24O3. The topological polar surface area (TPSA) is 46.5 Å². The van der Waals surface area contributed by atoms with Crippen molar-refractivity contribution >= 4 is 5.78 Å². The van der Waals surface area contributed by atoms with E-state index in [9.17, 15) is 9.90 Å². The predicted octanol–water partition coefficient (Wildman–Crippen LogP) is 3.60. The first-order valence-electron chi connectivity index (χ1n) is 7.67. The number of hydrogen-bond donors (Lipinski definition) is 1. The van der Waals surface area contributed by atoms with Crippen molar-refractivity contribution in [2.75, 3.05) is 6.61 Å². The maximum atomic E-state index is 12.3. The van der Waals surface area contributed by atoms with Gasteiger partial charge in [-0.05, 0) is 49.4 Å². The van der Waals surface area contributed by atoms with Crippen LogP contribution in [0.15, 0.2) is 24.3 Å². The van der Waals surface area contributed by atoms with Crippen LogP contribution in [-0.4, -0.2) is 23.6 Å². The number of aliphatic hydroxyl groups excluding tert-OH is 1. The van der Waals surface area contributed by atoms with E-state index in [0.717, 1.165) is 37.9 Å². The minimum atomic E-state index is -0.849. The molecule has 0 bridgehead atoms. The Labute approximate surface area is 121 Å². The van der Waals surface area contributed by atoms with Gasteiger partial charge in [0.2, 0.25) is 0 Å². The van der Waals surface area contributed by atoms with E-state index in [1.807, 2.05) is 0 Å². The molecule has 2 rings (SSSR count). The van der Waals surface area contributed by atoms with Crippen molar-refractivity contribution in [3.8, 4) is 5.75 Å². The molecule has 20 heavy (non-hydrogen) atoms. The average Bonchev–Trinajstić information content (AvgIpc) is 2.53. The van der Waals surface area contributed by atoms with Gasteiger partial charge in [0.25, 0.3) is 0 Å². The predicted molar refractivity (Wildman–Crippen MR) is 79.1 cm³/mol. The molecule has 0 heterocycles. The molecule has 0 amide bonds. The molecule has 1 unspecified atom stereocenters. The summed E-state index contributed by atoms with van der Waals surface area (Å²) in [6, 6.07) is 7.10. The second kappa shape index (κ2) is 7.44. The quantitative estimate of drug-likeness (QED) is 0.807. The second-order valence-corrected chi connectivity index (χ2v) is 5.58. The lowest BCUT2D eigenvalue weighted by atomic mass is 9.82. The molecule has 3 heteroatoms. The molecule has 1 atom stereocenters. The molecule has 1 aliphatic carbocycles. The number of ketones is 1. The van der Waals surface area contributed by atoms with E-state index in [0.29, 0.717) is 12.2 Å². The molecule has 3 nitrogen and oxygen atoms in total. The van der Waals surface area contributed by atoms with Crippen LogP contribution in [0, 0.1) is 5.92 Å². The van der Waals surface area contributed by atoms with Gasteiger partial charge < -0.3 is 9.84 Å². The molecule has 1 fully saturated rings. The van der Waals surface area contributed by atoms with Crippen molar-refractivity contribution in [2.45, 2.75) is 51.6 Å². The zero-order valence-electron chi connectivity index (χ0n) is 12.2. The van der Waals surface area contributed by atoms with Gasteiger partial charge in [0.15, 0.2) is 5.78 Å². The van der Waals surface area contributed by atoms with Crippen molar-refractivity contribution in [3.63, 3.8) is 0 Å². The van der Waals surface area contributed by atoms with Crippen LogP contribution in [-0.2, 0) is 0 Å². The Morgan fingerprint density at radius 3 is 2.50 bits per heavy atom. The van der Waals surface area contributed by atoms with Crippen LogP contribution in [0.4, 0.5) is 0 Å². The third kappa shape index (κ3) is 3.83. The molecule has 0 radical (unpaired) electrons. The van der Waals surface area contributed by atoms with E-state index in [1.165, 1.54) is 6.42 Å². The fourth-order valence-corrected chi connectivity index (χ4v) is 2.77. The highest BCUT2D eigenvalue weighted by Gasteiger charge is 2.28. The van der Waals surface area contributed by atoms with Gasteiger partial charge in [0, 0.05) is 5.56 Å². The first-order valence-corrected chi connectivity index (χ1v) is 7.67. The third-order valence-corrected chi connectivity index (χ3v) is 3.98. The summed E-state index contributed by atoms with van der Waals surface area (Å²) in [7, 11) is 0. The normalized spacial score (nSPS) is 17.7. The highest BCUT2D eigenvalue weighted by Crippen LogP contribution is 2.28. The van der Waals surface area contributed by atoms with Crippen LogP contribution in [0.2, 0.25) is 0 Å². The maximum absolute atomic E-state index is 12.3. The minimum Gasteiger partial charge on any atom is -0.494 e. The van der Waals surface area contributed by atoms with Gasteiger partial charge in [-0.15, -0.1) is 0 Å². The van der Waals surface area contributed by atoms with Crippen LogP contribution in [0.5, 0.6) is 5.75 Å². The summed E-state index contributed by atoms with van der Waals surface area (Å²) in [6.45, 7) is 2.73. The molecule has 1 aliphatic rings. The zero-order valence-corrected chi connectivity index (χ0v) is 12.2. The smallest absolute Gasteiger partial charge is 0.191 e. The largest absolute Gasteiger partial charge is 0.494 e. The molecule has 110 valence electrons. The van der Waals surface area contributed by atoms with E-state index >= 15 is 0 Å². The van der Waals surface area contributed by atoms with Gasteiger partial charge in [-0.25, -0.2) is 0 Å². The third-order valence-electron chi connectivity index (χ3n) is 3.98. The summed E-state index contributed by atoms with van der Waals surface area (Å²) in [5.74, 6) is 0.752. The van der Waals surface area contributed by atoms with Gasteiger partial charge in [-0.3, -0.25) is 4.79 Å². The number of benzene rings is 1. The SMILES string of the molecule is CCCOc1ccc(C(=O)C(O)C2CCCCC2)cc1. The van der Waals surface area contributed by atoms with Crippen molar-refractivity contribution in [3.05, 3.63) is 29.8 Å². The van der Waals surface area contributed by atoms with Gasteiger partial charge in [-0.2, -0.15) is 0 Å². The van der Waals surface area contributed by atoms with Crippen LogP contribution >= 0.6 is 0 Å². The highest BCUT2D eigenvalue weighted by molar-refractivity contribution is 5.99. The number of carbonyl (C=O) groups is 1. The second-order valence-electron chi connectivity index (χ2n) is 5.58. The molecular weight excluding hydrogens is 252 g/mol. The first-order chi connectivity index (χ1) is 9.72. The lowest BCUT2D eigenvalue weighted by Crippen LogP contribution is -2.31. The Bertz CT molecular complexity index is 418. The Hall–Kier alpha value is -1.35. The lowest BCUT2D eigenvalue weighted by Gasteiger charge is -2.25. The lowest BCUT2D eigenvalue weighted by molar-refractivity contribution is 0.0534. The number of ether oxygens (including phenoxy) is 1. The fraction of sp³-hybridized carbons (Fsp3) is 0.588. The Morgan fingerprint density at radius 2 is 1.90 bits per heavy atom. The fourth-order valence-electron chi connectivity index (χ4n) is 2.77.